The number of carboxylic acid groups (broad SMARTS) is 3. The van der Waals surface area contributed by atoms with Gasteiger partial charge in [-0.2, -0.15) is 0 Å². The van der Waals surface area contributed by atoms with Gasteiger partial charge in [-0.3, -0.25) is 24.0 Å². The molecule has 0 aliphatic heterocycles. The molecular formula is C18H30N4O9. The first kappa shape index (κ1) is 27.8. The number of hydrogen-bond acceptors (Lipinski definition) is 7. The molecule has 0 rings (SSSR count). The lowest BCUT2D eigenvalue weighted by atomic mass is 10.0. The third-order valence-corrected chi connectivity index (χ3v) is 4.09. The van der Waals surface area contributed by atoms with E-state index in [2.05, 4.69) is 16.0 Å². The van der Waals surface area contributed by atoms with Crippen LogP contribution >= 0.6 is 0 Å². The van der Waals surface area contributed by atoms with Gasteiger partial charge in [0.2, 0.25) is 17.7 Å². The van der Waals surface area contributed by atoms with Gasteiger partial charge in [-0.25, -0.2) is 4.79 Å². The summed E-state index contributed by atoms with van der Waals surface area (Å²) in [4.78, 5) is 69.4. The topological polar surface area (TPSA) is 225 Å². The average molecular weight is 446 g/mol. The van der Waals surface area contributed by atoms with Crippen LogP contribution in [0, 0.1) is 5.92 Å². The smallest absolute Gasteiger partial charge is 0.326 e. The highest BCUT2D eigenvalue weighted by atomic mass is 16.4. The van der Waals surface area contributed by atoms with Crippen molar-refractivity contribution in [2.45, 2.75) is 70.6 Å². The molecule has 176 valence electrons. The summed E-state index contributed by atoms with van der Waals surface area (Å²) in [6, 6.07) is -5.13. The van der Waals surface area contributed by atoms with Crippen LogP contribution in [0.15, 0.2) is 0 Å². The molecule has 4 unspecified atom stereocenters. The van der Waals surface area contributed by atoms with Crippen LogP contribution in [0.5, 0.6) is 0 Å². The van der Waals surface area contributed by atoms with Crippen molar-refractivity contribution in [2.24, 2.45) is 11.7 Å². The zero-order valence-electron chi connectivity index (χ0n) is 17.6. The van der Waals surface area contributed by atoms with E-state index >= 15 is 0 Å². The van der Waals surface area contributed by atoms with Gasteiger partial charge in [-0.1, -0.05) is 13.8 Å². The second-order valence-electron chi connectivity index (χ2n) is 7.46. The SMILES string of the molecule is CC(C)CC(NC(=O)C(C)NC(=O)C(N)CCC(=O)O)C(=O)NC(CC(=O)O)C(=O)O. The fourth-order valence-corrected chi connectivity index (χ4v) is 2.44. The first-order valence-corrected chi connectivity index (χ1v) is 9.57. The van der Waals surface area contributed by atoms with E-state index in [1.54, 1.807) is 13.8 Å². The Morgan fingerprint density at radius 3 is 1.77 bits per heavy atom. The Bertz CT molecular complexity index is 696. The van der Waals surface area contributed by atoms with Crippen molar-refractivity contribution in [1.29, 1.82) is 0 Å². The number of nitrogens with two attached hydrogens (primary N) is 1. The average Bonchev–Trinajstić information content (AvgIpc) is 2.63. The molecule has 0 aliphatic carbocycles. The van der Waals surface area contributed by atoms with E-state index in [0.717, 1.165) is 0 Å². The standard InChI is InChI=1S/C18H30N4O9/c1-8(2)6-11(17(29)22-12(18(30)31)7-14(25)26)21-15(27)9(3)20-16(28)10(19)4-5-13(23)24/h8-12H,4-7,19H2,1-3H3,(H,20,28)(H,21,27)(H,22,29)(H,23,24)(H,25,26)(H,30,31). The van der Waals surface area contributed by atoms with E-state index in [4.69, 9.17) is 21.1 Å². The number of carboxylic acids is 3. The van der Waals surface area contributed by atoms with E-state index in [1.165, 1.54) is 6.92 Å². The van der Waals surface area contributed by atoms with E-state index in [0.29, 0.717) is 0 Å². The predicted octanol–water partition coefficient (Wildman–Crippen LogP) is -1.74. The first-order chi connectivity index (χ1) is 14.2. The number of rotatable bonds is 14. The first-order valence-electron chi connectivity index (χ1n) is 9.57. The van der Waals surface area contributed by atoms with Crippen LogP contribution in [0.3, 0.4) is 0 Å². The highest BCUT2D eigenvalue weighted by molar-refractivity contribution is 5.94. The van der Waals surface area contributed by atoms with Crippen molar-refractivity contribution in [2.75, 3.05) is 0 Å². The number of nitrogens with one attached hydrogen (secondary N) is 3. The molecule has 0 bridgehead atoms. The molecule has 0 heterocycles. The minimum absolute atomic E-state index is 0.0897. The molecule has 0 saturated heterocycles. The minimum Gasteiger partial charge on any atom is -0.481 e. The second kappa shape index (κ2) is 13.2. The monoisotopic (exact) mass is 446 g/mol. The van der Waals surface area contributed by atoms with Gasteiger partial charge in [-0.05, 0) is 25.7 Å². The summed E-state index contributed by atoms with van der Waals surface area (Å²) in [5, 5.41) is 33.3. The van der Waals surface area contributed by atoms with Crippen molar-refractivity contribution < 1.29 is 44.1 Å². The highest BCUT2D eigenvalue weighted by Gasteiger charge is 2.30. The Morgan fingerprint density at radius 2 is 1.32 bits per heavy atom. The van der Waals surface area contributed by atoms with Crippen molar-refractivity contribution >= 4 is 35.6 Å². The van der Waals surface area contributed by atoms with Crippen LogP contribution in [0.4, 0.5) is 0 Å². The molecule has 0 aliphatic rings. The molecule has 4 atom stereocenters. The van der Waals surface area contributed by atoms with Gasteiger partial charge in [0.25, 0.3) is 0 Å². The Balaban J connectivity index is 5.08. The lowest BCUT2D eigenvalue weighted by Gasteiger charge is -2.24. The van der Waals surface area contributed by atoms with Gasteiger partial charge < -0.3 is 37.0 Å². The van der Waals surface area contributed by atoms with Crippen molar-refractivity contribution in [3.63, 3.8) is 0 Å². The summed E-state index contributed by atoms with van der Waals surface area (Å²) in [6.45, 7) is 4.84. The summed E-state index contributed by atoms with van der Waals surface area (Å²) in [6.07, 6.45) is -1.18. The number of aliphatic carboxylic acids is 3. The third kappa shape index (κ3) is 11.5. The summed E-state index contributed by atoms with van der Waals surface area (Å²) >= 11 is 0. The molecule has 0 aromatic heterocycles. The minimum atomic E-state index is -1.68. The zero-order valence-corrected chi connectivity index (χ0v) is 17.6. The maximum absolute atomic E-state index is 12.5. The highest BCUT2D eigenvalue weighted by Crippen LogP contribution is 2.07. The maximum atomic E-state index is 12.5. The van der Waals surface area contributed by atoms with Crippen LogP contribution in [-0.2, 0) is 28.8 Å². The van der Waals surface area contributed by atoms with E-state index in [9.17, 15) is 28.8 Å². The molecular weight excluding hydrogens is 416 g/mol. The Hall–Kier alpha value is -3.22. The van der Waals surface area contributed by atoms with E-state index < -0.39 is 66.2 Å². The molecule has 0 aromatic rings. The number of carbonyl (C=O) groups is 6. The van der Waals surface area contributed by atoms with Gasteiger partial charge in [0.1, 0.15) is 18.1 Å². The number of carbonyl (C=O) groups excluding carboxylic acids is 3. The Labute approximate surface area is 178 Å². The quantitative estimate of drug-likeness (QED) is 0.159. The third-order valence-electron chi connectivity index (χ3n) is 4.09. The molecule has 31 heavy (non-hydrogen) atoms. The molecule has 0 spiro atoms. The number of amides is 3. The molecule has 0 aromatic carbocycles. The van der Waals surface area contributed by atoms with E-state index in [-0.39, 0.29) is 25.2 Å². The summed E-state index contributed by atoms with van der Waals surface area (Å²) in [5.74, 6) is -6.57. The predicted molar refractivity (Wildman–Crippen MR) is 106 cm³/mol. The normalized spacial score (nSPS) is 14.6. The van der Waals surface area contributed by atoms with E-state index in [1.807, 2.05) is 0 Å². The lowest BCUT2D eigenvalue weighted by molar-refractivity contribution is -0.147. The Morgan fingerprint density at radius 1 is 0.774 bits per heavy atom. The van der Waals surface area contributed by atoms with Crippen molar-refractivity contribution in [3.05, 3.63) is 0 Å². The largest absolute Gasteiger partial charge is 0.481 e. The summed E-state index contributed by atoms with van der Waals surface area (Å²) in [7, 11) is 0. The summed E-state index contributed by atoms with van der Waals surface area (Å²) < 4.78 is 0. The van der Waals surface area contributed by atoms with Crippen LogP contribution < -0.4 is 21.7 Å². The zero-order chi connectivity index (χ0) is 24.3. The van der Waals surface area contributed by atoms with Gasteiger partial charge in [0.05, 0.1) is 12.5 Å². The van der Waals surface area contributed by atoms with Gasteiger partial charge in [-0.15, -0.1) is 0 Å². The van der Waals surface area contributed by atoms with Crippen LogP contribution in [-0.4, -0.2) is 75.1 Å². The van der Waals surface area contributed by atoms with Gasteiger partial charge in [0, 0.05) is 6.42 Å². The molecule has 0 radical (unpaired) electrons. The molecule has 0 fully saturated rings. The van der Waals surface area contributed by atoms with Crippen molar-refractivity contribution in [3.8, 4) is 0 Å². The molecule has 13 heteroatoms. The fraction of sp³-hybridized carbons (Fsp3) is 0.667. The van der Waals surface area contributed by atoms with Gasteiger partial charge >= 0.3 is 17.9 Å². The molecule has 13 nitrogen and oxygen atoms in total. The van der Waals surface area contributed by atoms with Crippen molar-refractivity contribution in [1.82, 2.24) is 16.0 Å². The fourth-order valence-electron chi connectivity index (χ4n) is 2.44. The van der Waals surface area contributed by atoms with Gasteiger partial charge in [0.15, 0.2) is 0 Å². The maximum Gasteiger partial charge on any atom is 0.326 e. The van der Waals surface area contributed by atoms with Crippen LogP contribution in [0.1, 0.15) is 46.5 Å². The molecule has 0 saturated carbocycles. The number of hydrogen-bond donors (Lipinski definition) is 7. The molecule has 8 N–H and O–H groups in total. The molecule has 3 amide bonds. The van der Waals surface area contributed by atoms with Crippen LogP contribution in [0.2, 0.25) is 0 Å². The Kier molecular flexibility index (Phi) is 11.8. The second-order valence-corrected chi connectivity index (χ2v) is 7.46. The lowest BCUT2D eigenvalue weighted by Crippen LogP contribution is -2.56. The van der Waals surface area contributed by atoms with Crippen LogP contribution in [0.25, 0.3) is 0 Å². The summed E-state index contributed by atoms with van der Waals surface area (Å²) in [5.41, 5.74) is 5.58.